The number of ether oxygens (including phenoxy) is 1. The van der Waals surface area contributed by atoms with Gasteiger partial charge in [-0.25, -0.2) is 0 Å². The molecule has 0 radical (unpaired) electrons. The van der Waals surface area contributed by atoms with Crippen molar-refractivity contribution in [1.29, 1.82) is 0 Å². The van der Waals surface area contributed by atoms with Gasteiger partial charge in [0.25, 0.3) is 0 Å². The third kappa shape index (κ3) is 3.73. The van der Waals surface area contributed by atoms with Gasteiger partial charge < -0.3 is 10.5 Å². The van der Waals surface area contributed by atoms with Gasteiger partial charge in [0, 0.05) is 9.50 Å². The zero-order chi connectivity index (χ0) is 13.0. The highest BCUT2D eigenvalue weighted by Gasteiger charge is 2.06. The number of rotatable bonds is 4. The topological polar surface area (TPSA) is 35.2 Å². The molecule has 94 valence electrons. The van der Waals surface area contributed by atoms with Crippen molar-refractivity contribution in [1.82, 2.24) is 0 Å². The number of benzene rings is 2. The second kappa shape index (κ2) is 6.23. The summed E-state index contributed by atoms with van der Waals surface area (Å²) in [6.45, 7) is 0.429. The maximum absolute atomic E-state index is 6.05. The van der Waals surface area contributed by atoms with Gasteiger partial charge in [0.2, 0.25) is 0 Å². The van der Waals surface area contributed by atoms with Crippen molar-refractivity contribution in [3.05, 3.63) is 63.6 Å². The van der Waals surface area contributed by atoms with E-state index in [4.69, 9.17) is 22.1 Å². The van der Waals surface area contributed by atoms with Crippen LogP contribution in [0.3, 0.4) is 0 Å². The van der Waals surface area contributed by atoms with Crippen molar-refractivity contribution in [3.63, 3.8) is 0 Å². The first kappa shape index (κ1) is 13.4. The summed E-state index contributed by atoms with van der Waals surface area (Å²) in [7, 11) is 0. The summed E-state index contributed by atoms with van der Waals surface area (Å²) in [5.74, 6) is 0.800. The Bertz CT molecular complexity index is 515. The maximum Gasteiger partial charge on any atom is 0.120 e. The molecule has 0 aliphatic heterocycles. The van der Waals surface area contributed by atoms with Gasteiger partial charge in [-0.05, 0) is 35.9 Å². The van der Waals surface area contributed by atoms with Crippen LogP contribution in [0.2, 0.25) is 5.02 Å². The average molecular weight is 327 g/mol. The fourth-order valence-corrected chi connectivity index (χ4v) is 2.05. The molecule has 2 nitrogen and oxygen atoms in total. The molecular weight excluding hydrogens is 314 g/mol. The SMILES string of the molecule is NC(COc1cccc(Br)c1)c1ccc(Cl)cc1. The summed E-state index contributed by atoms with van der Waals surface area (Å²) in [6.07, 6.45) is 0. The normalized spacial score (nSPS) is 12.2. The van der Waals surface area contributed by atoms with Crippen LogP contribution in [0.25, 0.3) is 0 Å². The molecule has 2 rings (SSSR count). The first-order valence-electron chi connectivity index (χ1n) is 5.54. The molecular formula is C14H13BrClNO. The van der Waals surface area contributed by atoms with Gasteiger partial charge >= 0.3 is 0 Å². The quantitative estimate of drug-likeness (QED) is 0.914. The smallest absolute Gasteiger partial charge is 0.120 e. The highest BCUT2D eigenvalue weighted by Crippen LogP contribution is 2.20. The molecule has 0 fully saturated rings. The predicted octanol–water partition coefficient (Wildman–Crippen LogP) is 4.18. The summed E-state index contributed by atoms with van der Waals surface area (Å²) >= 11 is 9.23. The lowest BCUT2D eigenvalue weighted by atomic mass is 10.1. The van der Waals surface area contributed by atoms with Crippen molar-refractivity contribution in [2.24, 2.45) is 5.73 Å². The first-order chi connectivity index (χ1) is 8.65. The van der Waals surface area contributed by atoms with Crippen LogP contribution in [0.1, 0.15) is 11.6 Å². The summed E-state index contributed by atoms with van der Waals surface area (Å²) in [4.78, 5) is 0. The Morgan fingerprint density at radius 2 is 1.89 bits per heavy atom. The minimum atomic E-state index is -0.166. The molecule has 0 aliphatic carbocycles. The number of halogens is 2. The fourth-order valence-electron chi connectivity index (χ4n) is 1.55. The van der Waals surface area contributed by atoms with E-state index in [1.807, 2.05) is 48.5 Å². The average Bonchev–Trinajstić information content (AvgIpc) is 2.37. The van der Waals surface area contributed by atoms with Gasteiger partial charge in [0.15, 0.2) is 0 Å². The molecule has 0 amide bonds. The lowest BCUT2D eigenvalue weighted by molar-refractivity contribution is 0.290. The van der Waals surface area contributed by atoms with Crippen LogP contribution >= 0.6 is 27.5 Å². The largest absolute Gasteiger partial charge is 0.492 e. The molecule has 1 unspecified atom stereocenters. The lowest BCUT2D eigenvalue weighted by Gasteiger charge is -2.13. The molecule has 0 aromatic heterocycles. The molecule has 1 atom stereocenters. The Balaban J connectivity index is 1.96. The molecule has 2 aromatic carbocycles. The van der Waals surface area contributed by atoms with Crippen molar-refractivity contribution in [3.8, 4) is 5.75 Å². The minimum absolute atomic E-state index is 0.166. The second-order valence-electron chi connectivity index (χ2n) is 3.93. The van der Waals surface area contributed by atoms with Gasteiger partial charge in [-0.2, -0.15) is 0 Å². The summed E-state index contributed by atoms with van der Waals surface area (Å²) in [5.41, 5.74) is 7.06. The third-order valence-corrected chi connectivity index (χ3v) is 3.27. The predicted molar refractivity (Wildman–Crippen MR) is 78.0 cm³/mol. The van der Waals surface area contributed by atoms with Gasteiger partial charge in [-0.15, -0.1) is 0 Å². The highest BCUT2D eigenvalue weighted by molar-refractivity contribution is 9.10. The Labute approximate surface area is 120 Å². The van der Waals surface area contributed by atoms with E-state index in [2.05, 4.69) is 15.9 Å². The van der Waals surface area contributed by atoms with E-state index in [0.717, 1.165) is 15.8 Å². The van der Waals surface area contributed by atoms with Crippen molar-refractivity contribution >= 4 is 27.5 Å². The summed E-state index contributed by atoms with van der Waals surface area (Å²) < 4.78 is 6.63. The fraction of sp³-hybridized carbons (Fsp3) is 0.143. The first-order valence-corrected chi connectivity index (χ1v) is 6.71. The molecule has 0 aliphatic rings. The van der Waals surface area contributed by atoms with Crippen LogP contribution in [-0.4, -0.2) is 6.61 Å². The van der Waals surface area contributed by atoms with E-state index in [-0.39, 0.29) is 6.04 Å². The zero-order valence-corrected chi connectivity index (χ0v) is 12.0. The Kier molecular flexibility index (Phi) is 4.64. The van der Waals surface area contributed by atoms with Crippen LogP contribution < -0.4 is 10.5 Å². The molecule has 0 saturated heterocycles. The van der Waals surface area contributed by atoms with Crippen molar-refractivity contribution in [2.45, 2.75) is 6.04 Å². The van der Waals surface area contributed by atoms with Crippen LogP contribution in [0.5, 0.6) is 5.75 Å². The van der Waals surface area contributed by atoms with Crippen LogP contribution in [0, 0.1) is 0 Å². The molecule has 18 heavy (non-hydrogen) atoms. The third-order valence-electron chi connectivity index (χ3n) is 2.52. The standard InChI is InChI=1S/C14H13BrClNO/c15-11-2-1-3-13(8-11)18-9-14(17)10-4-6-12(16)7-5-10/h1-8,14H,9,17H2. The molecule has 4 heteroatoms. The van der Waals surface area contributed by atoms with Crippen LogP contribution in [0.4, 0.5) is 0 Å². The number of nitrogens with two attached hydrogens (primary N) is 1. The number of hydrogen-bond donors (Lipinski definition) is 1. The van der Waals surface area contributed by atoms with Crippen LogP contribution in [0.15, 0.2) is 53.0 Å². The Hall–Kier alpha value is -1.03. The van der Waals surface area contributed by atoms with E-state index in [0.29, 0.717) is 11.6 Å². The molecule has 0 spiro atoms. The molecule has 0 saturated carbocycles. The highest BCUT2D eigenvalue weighted by atomic mass is 79.9. The van der Waals surface area contributed by atoms with Gasteiger partial charge in [0.05, 0.1) is 6.04 Å². The molecule has 0 heterocycles. The van der Waals surface area contributed by atoms with Crippen molar-refractivity contribution in [2.75, 3.05) is 6.61 Å². The monoisotopic (exact) mass is 325 g/mol. The minimum Gasteiger partial charge on any atom is -0.492 e. The Morgan fingerprint density at radius 3 is 2.56 bits per heavy atom. The van der Waals surface area contributed by atoms with E-state index >= 15 is 0 Å². The summed E-state index contributed by atoms with van der Waals surface area (Å²) in [5, 5.41) is 0.707. The van der Waals surface area contributed by atoms with E-state index in [1.165, 1.54) is 0 Å². The molecule has 2 aromatic rings. The molecule has 0 bridgehead atoms. The van der Waals surface area contributed by atoms with Crippen LogP contribution in [-0.2, 0) is 0 Å². The Morgan fingerprint density at radius 1 is 1.17 bits per heavy atom. The van der Waals surface area contributed by atoms with Gasteiger partial charge in [-0.3, -0.25) is 0 Å². The van der Waals surface area contributed by atoms with Gasteiger partial charge in [-0.1, -0.05) is 45.7 Å². The number of hydrogen-bond acceptors (Lipinski definition) is 2. The van der Waals surface area contributed by atoms with E-state index in [9.17, 15) is 0 Å². The lowest BCUT2D eigenvalue weighted by Crippen LogP contribution is -2.18. The van der Waals surface area contributed by atoms with Gasteiger partial charge in [0.1, 0.15) is 12.4 Å². The second-order valence-corrected chi connectivity index (χ2v) is 5.28. The van der Waals surface area contributed by atoms with E-state index in [1.54, 1.807) is 0 Å². The maximum atomic E-state index is 6.05. The zero-order valence-electron chi connectivity index (χ0n) is 9.64. The summed E-state index contributed by atoms with van der Waals surface area (Å²) in [6, 6.07) is 15.0. The van der Waals surface area contributed by atoms with E-state index < -0.39 is 0 Å². The molecule has 2 N–H and O–H groups in total. The van der Waals surface area contributed by atoms with Crippen molar-refractivity contribution < 1.29 is 4.74 Å².